The number of rotatable bonds is 0. The largest absolute Gasteiger partial charge is 0.359 e. The highest BCUT2D eigenvalue weighted by Crippen LogP contribution is 2.54. The molecule has 1 saturated carbocycles. The van der Waals surface area contributed by atoms with Crippen molar-refractivity contribution in [1.82, 2.24) is 0 Å². The molecule has 1 N–H and O–H groups in total. The molecule has 7 heteroatoms. The Morgan fingerprint density at radius 1 is 1.04 bits per heavy atom. The quantitative estimate of drug-likeness (QED) is 0.529. The summed E-state index contributed by atoms with van der Waals surface area (Å²) in [7, 11) is 0. The van der Waals surface area contributed by atoms with Crippen LogP contribution in [0, 0.1) is 10.8 Å². The number of aliphatic hydroxyl groups is 1. The molecule has 23 heavy (non-hydrogen) atoms. The van der Waals surface area contributed by atoms with Crippen LogP contribution in [0.5, 0.6) is 0 Å². The van der Waals surface area contributed by atoms with E-state index in [0.29, 0.717) is 0 Å². The summed E-state index contributed by atoms with van der Waals surface area (Å²) in [5.74, 6) is -5.45. The Morgan fingerprint density at radius 3 is 2.17 bits per heavy atom. The van der Waals surface area contributed by atoms with E-state index in [1.165, 1.54) is 33.8 Å². The summed E-state index contributed by atoms with van der Waals surface area (Å²) in [6, 6.07) is 0. The Labute approximate surface area is 134 Å². The number of hydrogen-bond donors (Lipinski definition) is 1. The molecule has 0 radical (unpaired) electrons. The minimum Gasteiger partial charge on any atom is -0.359 e. The van der Waals surface area contributed by atoms with E-state index in [9.17, 15) is 14.7 Å². The predicted molar refractivity (Wildman–Crippen MR) is 76.6 cm³/mol. The van der Waals surface area contributed by atoms with Crippen LogP contribution in [0.15, 0.2) is 11.6 Å². The molecule has 2 atom stereocenters. The van der Waals surface area contributed by atoms with Crippen molar-refractivity contribution in [3.63, 3.8) is 0 Å². The molecule has 0 aromatic rings. The van der Waals surface area contributed by atoms with Gasteiger partial charge in [-0.25, -0.2) is 0 Å². The molecule has 1 saturated heterocycles. The molecule has 7 nitrogen and oxygen atoms in total. The van der Waals surface area contributed by atoms with Crippen LogP contribution >= 0.6 is 0 Å². The van der Waals surface area contributed by atoms with Crippen LogP contribution in [0.2, 0.25) is 0 Å². The van der Waals surface area contributed by atoms with Gasteiger partial charge in [0.1, 0.15) is 6.61 Å². The van der Waals surface area contributed by atoms with Crippen molar-refractivity contribution < 1.29 is 33.9 Å². The maximum atomic E-state index is 12.8. The second kappa shape index (κ2) is 4.29. The van der Waals surface area contributed by atoms with Gasteiger partial charge >= 0.3 is 0 Å². The van der Waals surface area contributed by atoms with Gasteiger partial charge in [-0.15, -0.1) is 0 Å². The molecule has 0 amide bonds. The van der Waals surface area contributed by atoms with Gasteiger partial charge in [0, 0.05) is 0 Å². The molecule has 2 heterocycles. The van der Waals surface area contributed by atoms with Gasteiger partial charge in [-0.2, -0.15) is 9.78 Å². The zero-order valence-electron chi connectivity index (χ0n) is 14.2. The summed E-state index contributed by atoms with van der Waals surface area (Å²) in [4.78, 5) is 35.9. The minimum atomic E-state index is -2.17. The Balaban J connectivity index is 2.14. The first kappa shape index (κ1) is 16.7. The van der Waals surface area contributed by atoms with Gasteiger partial charge < -0.3 is 14.6 Å². The average molecular weight is 326 g/mol. The molecule has 128 valence electrons. The van der Waals surface area contributed by atoms with Crippen molar-refractivity contribution in [3.05, 3.63) is 11.6 Å². The van der Waals surface area contributed by atoms with Crippen LogP contribution in [0.25, 0.3) is 0 Å². The number of carbonyl (C=O) groups is 2. The molecule has 0 bridgehead atoms. The Hall–Kier alpha value is -1.12. The van der Waals surface area contributed by atoms with E-state index >= 15 is 0 Å². The molecule has 0 aromatic heterocycles. The van der Waals surface area contributed by atoms with Crippen LogP contribution in [-0.2, 0) is 28.8 Å². The number of carbonyl (C=O) groups excluding carboxylic acids is 2. The monoisotopic (exact) mass is 326 g/mol. The molecular formula is C16H22O7. The van der Waals surface area contributed by atoms with Crippen LogP contribution in [0.3, 0.4) is 0 Å². The van der Waals surface area contributed by atoms with E-state index in [-0.39, 0.29) is 12.2 Å². The summed E-state index contributed by atoms with van der Waals surface area (Å²) in [5.41, 5.74) is -2.69. The van der Waals surface area contributed by atoms with Crippen LogP contribution < -0.4 is 0 Å². The van der Waals surface area contributed by atoms with Crippen molar-refractivity contribution in [2.75, 3.05) is 6.61 Å². The number of hydrogen-bond acceptors (Lipinski definition) is 7. The normalized spacial score (nSPS) is 40.9. The van der Waals surface area contributed by atoms with Gasteiger partial charge in [0.2, 0.25) is 11.6 Å². The molecule has 3 aliphatic rings. The van der Waals surface area contributed by atoms with Gasteiger partial charge in [-0.1, -0.05) is 0 Å². The Morgan fingerprint density at radius 2 is 1.65 bits per heavy atom. The molecule has 2 aliphatic heterocycles. The summed E-state index contributed by atoms with van der Waals surface area (Å²) in [5, 5.41) is 10.9. The lowest BCUT2D eigenvalue weighted by molar-refractivity contribution is -0.499. The third-order valence-corrected chi connectivity index (χ3v) is 4.87. The summed E-state index contributed by atoms with van der Waals surface area (Å²) in [6.45, 7) is 9.52. The maximum Gasteiger partial charge on any atom is 0.247 e. The van der Waals surface area contributed by atoms with Crippen molar-refractivity contribution in [2.45, 2.75) is 58.9 Å². The van der Waals surface area contributed by atoms with Crippen molar-refractivity contribution in [2.24, 2.45) is 10.8 Å². The van der Waals surface area contributed by atoms with Crippen molar-refractivity contribution in [3.8, 4) is 0 Å². The number of ketones is 2. The average Bonchev–Trinajstić information content (AvgIpc) is 2.74. The first-order valence-electron chi connectivity index (χ1n) is 7.54. The lowest BCUT2D eigenvalue weighted by atomic mass is 9.58. The molecular weight excluding hydrogens is 304 g/mol. The third-order valence-electron chi connectivity index (χ3n) is 4.87. The SMILES string of the molecule is CC1(C)OCC2(C=C3C(=O)C(C)(C)C(=O)C(C)(C)C3(O)OO2)O1. The standard InChI is InChI=1S/C16H22O7/c1-12(2)10(17)9-7-15(8-20-14(5,6)21-15)22-23-16(9,19)13(3,4)11(12)18/h7,19H,8H2,1-6H3. The second-order valence-corrected chi connectivity index (χ2v) is 7.88. The fraction of sp³-hybridized carbons (Fsp3) is 0.750. The highest BCUT2D eigenvalue weighted by molar-refractivity contribution is 6.19. The van der Waals surface area contributed by atoms with Gasteiger partial charge in [-0.3, -0.25) is 9.59 Å². The van der Waals surface area contributed by atoms with E-state index in [1.54, 1.807) is 13.8 Å². The topological polar surface area (TPSA) is 91.3 Å². The molecule has 2 unspecified atom stereocenters. The molecule has 3 rings (SSSR count). The van der Waals surface area contributed by atoms with Crippen LogP contribution in [0.4, 0.5) is 0 Å². The molecule has 2 fully saturated rings. The Bertz CT molecular complexity index is 630. The van der Waals surface area contributed by atoms with Gasteiger partial charge in [0.15, 0.2) is 17.4 Å². The first-order valence-corrected chi connectivity index (χ1v) is 7.54. The highest BCUT2D eigenvalue weighted by atomic mass is 17.3. The minimum absolute atomic E-state index is 0.00165. The second-order valence-electron chi connectivity index (χ2n) is 7.88. The number of Topliss-reactive ketones (excluding diaryl/α,β-unsaturated/α-hetero) is 2. The summed E-state index contributed by atoms with van der Waals surface area (Å²) in [6.07, 6.45) is 1.38. The van der Waals surface area contributed by atoms with E-state index in [2.05, 4.69) is 0 Å². The Kier molecular flexibility index (Phi) is 3.12. The first-order chi connectivity index (χ1) is 10.3. The lowest BCUT2D eigenvalue weighted by Gasteiger charge is -2.51. The smallest absolute Gasteiger partial charge is 0.247 e. The van der Waals surface area contributed by atoms with Crippen molar-refractivity contribution in [1.29, 1.82) is 0 Å². The highest BCUT2D eigenvalue weighted by Gasteiger charge is 2.68. The van der Waals surface area contributed by atoms with E-state index in [1.807, 2.05) is 0 Å². The predicted octanol–water partition coefficient (Wildman–Crippen LogP) is 1.25. The zero-order valence-corrected chi connectivity index (χ0v) is 14.2. The van der Waals surface area contributed by atoms with E-state index in [0.717, 1.165) is 0 Å². The lowest BCUT2D eigenvalue weighted by Crippen LogP contribution is -2.67. The van der Waals surface area contributed by atoms with Crippen LogP contribution in [-0.4, -0.2) is 40.6 Å². The van der Waals surface area contributed by atoms with Gasteiger partial charge in [0.25, 0.3) is 0 Å². The fourth-order valence-electron chi connectivity index (χ4n) is 3.41. The molecule has 1 aliphatic carbocycles. The number of ether oxygens (including phenoxy) is 2. The zero-order chi connectivity index (χ0) is 17.5. The van der Waals surface area contributed by atoms with E-state index < -0.39 is 39.8 Å². The summed E-state index contributed by atoms with van der Waals surface area (Å²) < 4.78 is 11.2. The van der Waals surface area contributed by atoms with Gasteiger partial charge in [-0.05, 0) is 47.6 Å². The maximum absolute atomic E-state index is 12.8. The molecule has 1 spiro atoms. The van der Waals surface area contributed by atoms with Gasteiger partial charge in [0.05, 0.1) is 16.4 Å². The van der Waals surface area contributed by atoms with Crippen molar-refractivity contribution >= 4 is 11.6 Å². The molecule has 0 aromatic carbocycles. The van der Waals surface area contributed by atoms with E-state index in [4.69, 9.17) is 19.2 Å². The third kappa shape index (κ3) is 2.01. The summed E-state index contributed by atoms with van der Waals surface area (Å²) >= 11 is 0. The fourth-order valence-corrected chi connectivity index (χ4v) is 3.41. The van der Waals surface area contributed by atoms with Crippen LogP contribution in [0.1, 0.15) is 41.5 Å². The number of fused-ring (bicyclic) bond motifs is 1.